The molecular formula is C14H19N3O3S. The van der Waals surface area contributed by atoms with Crippen LogP contribution in [0, 0.1) is 0 Å². The zero-order chi connectivity index (χ0) is 15.5. The molecule has 2 rings (SSSR count). The van der Waals surface area contributed by atoms with E-state index in [1.807, 2.05) is 11.8 Å². The average molecular weight is 309 g/mol. The van der Waals surface area contributed by atoms with E-state index in [-0.39, 0.29) is 17.2 Å². The number of aromatic nitrogens is 1. The standard InChI is InChI=1S/C14H19N3O3S/c1-14(2)9-17(5-6-21-14)13(20)16-11-4-3-10(15-8-11)7-12(18)19/h3-4,8H,5-7,9H2,1-2H3,(H,16,20)(H,18,19). The van der Waals surface area contributed by atoms with E-state index in [0.717, 1.165) is 12.3 Å². The fraction of sp³-hybridized carbons (Fsp3) is 0.500. The van der Waals surface area contributed by atoms with E-state index < -0.39 is 5.97 Å². The lowest BCUT2D eigenvalue weighted by atomic mass is 10.2. The summed E-state index contributed by atoms with van der Waals surface area (Å²) in [5.41, 5.74) is 1.04. The number of urea groups is 1. The molecule has 0 radical (unpaired) electrons. The van der Waals surface area contributed by atoms with Crippen LogP contribution in [0.2, 0.25) is 0 Å². The third-order valence-electron chi connectivity index (χ3n) is 3.12. The summed E-state index contributed by atoms with van der Waals surface area (Å²) >= 11 is 1.87. The number of aliphatic carboxylic acids is 1. The van der Waals surface area contributed by atoms with Crippen molar-refractivity contribution < 1.29 is 14.7 Å². The van der Waals surface area contributed by atoms with Crippen LogP contribution in [0.5, 0.6) is 0 Å². The van der Waals surface area contributed by atoms with Crippen LogP contribution in [0.15, 0.2) is 18.3 Å². The highest BCUT2D eigenvalue weighted by atomic mass is 32.2. The van der Waals surface area contributed by atoms with Gasteiger partial charge < -0.3 is 15.3 Å². The molecule has 21 heavy (non-hydrogen) atoms. The highest BCUT2D eigenvalue weighted by Gasteiger charge is 2.29. The molecule has 2 heterocycles. The lowest BCUT2D eigenvalue weighted by molar-refractivity contribution is -0.136. The number of carbonyl (C=O) groups excluding carboxylic acids is 1. The van der Waals surface area contributed by atoms with Crippen LogP contribution >= 0.6 is 11.8 Å². The molecule has 114 valence electrons. The molecule has 0 unspecified atom stereocenters. The number of nitrogens with zero attached hydrogens (tertiary/aromatic N) is 2. The number of carboxylic acids is 1. The van der Waals surface area contributed by atoms with Gasteiger partial charge in [0.25, 0.3) is 0 Å². The van der Waals surface area contributed by atoms with E-state index in [2.05, 4.69) is 24.1 Å². The number of carbonyl (C=O) groups is 2. The minimum Gasteiger partial charge on any atom is -0.481 e. The predicted octanol–water partition coefficient (Wildman–Crippen LogP) is 2.07. The first-order chi connectivity index (χ1) is 9.85. The summed E-state index contributed by atoms with van der Waals surface area (Å²) in [7, 11) is 0. The minimum absolute atomic E-state index is 0.0686. The molecule has 0 spiro atoms. The van der Waals surface area contributed by atoms with Crippen molar-refractivity contribution >= 4 is 29.4 Å². The number of carboxylic acid groups (broad SMARTS) is 1. The van der Waals surface area contributed by atoms with E-state index in [0.29, 0.717) is 17.9 Å². The second-order valence-electron chi connectivity index (χ2n) is 5.57. The van der Waals surface area contributed by atoms with Gasteiger partial charge in [-0.15, -0.1) is 0 Å². The van der Waals surface area contributed by atoms with Gasteiger partial charge in [-0.05, 0) is 26.0 Å². The van der Waals surface area contributed by atoms with Crippen LogP contribution in [0.4, 0.5) is 10.5 Å². The van der Waals surface area contributed by atoms with Crippen LogP contribution in [-0.4, -0.2) is 50.6 Å². The van der Waals surface area contributed by atoms with Gasteiger partial charge in [0.2, 0.25) is 0 Å². The summed E-state index contributed by atoms with van der Waals surface area (Å²) in [6, 6.07) is 3.14. The van der Waals surface area contributed by atoms with Crippen molar-refractivity contribution in [1.29, 1.82) is 0 Å². The van der Waals surface area contributed by atoms with Gasteiger partial charge in [-0.3, -0.25) is 9.78 Å². The highest BCUT2D eigenvalue weighted by Crippen LogP contribution is 2.29. The molecular weight excluding hydrogens is 290 g/mol. The molecule has 1 aromatic rings. The number of hydrogen-bond donors (Lipinski definition) is 2. The van der Waals surface area contributed by atoms with Crippen molar-refractivity contribution in [3.63, 3.8) is 0 Å². The quantitative estimate of drug-likeness (QED) is 0.893. The first-order valence-electron chi connectivity index (χ1n) is 6.72. The Kier molecular flexibility index (Phi) is 4.72. The molecule has 0 atom stereocenters. The van der Waals surface area contributed by atoms with Gasteiger partial charge in [0, 0.05) is 23.6 Å². The molecule has 2 amide bonds. The molecule has 1 saturated heterocycles. The van der Waals surface area contributed by atoms with Crippen molar-refractivity contribution in [3.8, 4) is 0 Å². The zero-order valence-corrected chi connectivity index (χ0v) is 12.9. The maximum absolute atomic E-state index is 12.2. The fourth-order valence-electron chi connectivity index (χ4n) is 2.15. The van der Waals surface area contributed by atoms with Gasteiger partial charge in [0.05, 0.1) is 24.0 Å². The van der Waals surface area contributed by atoms with Crippen molar-refractivity contribution in [1.82, 2.24) is 9.88 Å². The van der Waals surface area contributed by atoms with Gasteiger partial charge in [-0.1, -0.05) is 0 Å². The third-order valence-corrected chi connectivity index (χ3v) is 4.42. The van der Waals surface area contributed by atoms with E-state index in [4.69, 9.17) is 5.11 Å². The number of amides is 2. The van der Waals surface area contributed by atoms with Crippen LogP contribution in [0.3, 0.4) is 0 Å². The Balaban J connectivity index is 1.94. The molecule has 2 N–H and O–H groups in total. The number of pyridine rings is 1. The van der Waals surface area contributed by atoms with E-state index in [1.54, 1.807) is 17.0 Å². The first-order valence-corrected chi connectivity index (χ1v) is 7.71. The predicted molar refractivity (Wildman–Crippen MR) is 82.7 cm³/mol. The van der Waals surface area contributed by atoms with E-state index in [9.17, 15) is 9.59 Å². The van der Waals surface area contributed by atoms with Gasteiger partial charge >= 0.3 is 12.0 Å². The summed E-state index contributed by atoms with van der Waals surface area (Å²) < 4.78 is 0.0686. The summed E-state index contributed by atoms with van der Waals surface area (Å²) in [5.74, 6) is 0.00304. The summed E-state index contributed by atoms with van der Waals surface area (Å²) in [6.07, 6.45) is 1.37. The summed E-state index contributed by atoms with van der Waals surface area (Å²) in [6.45, 7) is 5.68. The number of nitrogens with one attached hydrogen (secondary N) is 1. The topological polar surface area (TPSA) is 82.5 Å². The van der Waals surface area contributed by atoms with Crippen LogP contribution in [0.1, 0.15) is 19.5 Å². The van der Waals surface area contributed by atoms with Crippen LogP contribution < -0.4 is 5.32 Å². The van der Waals surface area contributed by atoms with Gasteiger partial charge in [0.15, 0.2) is 0 Å². The Hall–Kier alpha value is -1.76. The molecule has 0 aromatic carbocycles. The Morgan fingerprint density at radius 3 is 2.81 bits per heavy atom. The molecule has 7 heteroatoms. The maximum atomic E-state index is 12.2. The molecule has 0 saturated carbocycles. The van der Waals surface area contributed by atoms with Crippen molar-refractivity contribution in [2.45, 2.75) is 25.0 Å². The molecule has 1 fully saturated rings. The SMILES string of the molecule is CC1(C)CN(C(=O)Nc2ccc(CC(=O)O)nc2)CCS1. The van der Waals surface area contributed by atoms with E-state index in [1.165, 1.54) is 6.20 Å². The minimum atomic E-state index is -0.924. The third kappa shape index (κ3) is 4.63. The Labute approximate surface area is 127 Å². The van der Waals surface area contributed by atoms with Crippen molar-refractivity contribution in [2.24, 2.45) is 0 Å². The van der Waals surface area contributed by atoms with Gasteiger partial charge in [0.1, 0.15) is 0 Å². The van der Waals surface area contributed by atoms with Crippen LogP contribution in [0.25, 0.3) is 0 Å². The van der Waals surface area contributed by atoms with E-state index >= 15 is 0 Å². The molecule has 6 nitrogen and oxygen atoms in total. The van der Waals surface area contributed by atoms with Crippen LogP contribution in [-0.2, 0) is 11.2 Å². The Morgan fingerprint density at radius 2 is 2.24 bits per heavy atom. The van der Waals surface area contributed by atoms with Gasteiger partial charge in [-0.2, -0.15) is 11.8 Å². The number of hydrogen-bond acceptors (Lipinski definition) is 4. The molecule has 1 aromatic heterocycles. The number of rotatable bonds is 3. The molecule has 1 aliphatic heterocycles. The first kappa shape index (κ1) is 15.6. The largest absolute Gasteiger partial charge is 0.481 e. The highest BCUT2D eigenvalue weighted by molar-refractivity contribution is 8.00. The average Bonchev–Trinajstić information content (AvgIpc) is 2.39. The monoisotopic (exact) mass is 309 g/mol. The summed E-state index contributed by atoms with van der Waals surface area (Å²) in [5, 5.41) is 11.5. The lowest BCUT2D eigenvalue weighted by Gasteiger charge is -2.37. The normalized spacial score (nSPS) is 17.3. The number of thioether (sulfide) groups is 1. The molecule has 0 bridgehead atoms. The smallest absolute Gasteiger partial charge is 0.321 e. The second-order valence-corrected chi connectivity index (χ2v) is 7.37. The van der Waals surface area contributed by atoms with Gasteiger partial charge in [-0.25, -0.2) is 4.79 Å². The number of anilines is 1. The Bertz CT molecular complexity index is 531. The maximum Gasteiger partial charge on any atom is 0.321 e. The molecule has 1 aliphatic rings. The molecule has 0 aliphatic carbocycles. The zero-order valence-electron chi connectivity index (χ0n) is 12.1. The Morgan fingerprint density at radius 1 is 1.48 bits per heavy atom. The van der Waals surface area contributed by atoms with Crippen molar-refractivity contribution in [2.75, 3.05) is 24.2 Å². The lowest BCUT2D eigenvalue weighted by Crippen LogP contribution is -2.47. The van der Waals surface area contributed by atoms with Crippen molar-refractivity contribution in [3.05, 3.63) is 24.0 Å². The fourth-order valence-corrected chi connectivity index (χ4v) is 3.26. The summed E-state index contributed by atoms with van der Waals surface area (Å²) in [4.78, 5) is 28.6. The second kappa shape index (κ2) is 6.34.